The molecule has 0 aliphatic carbocycles. The quantitative estimate of drug-likeness (QED) is 0.887. The maximum absolute atomic E-state index is 11.8. The molecule has 100 valence electrons. The van der Waals surface area contributed by atoms with Crippen LogP contribution < -0.4 is 10.6 Å². The minimum Gasteiger partial charge on any atom is -0.468 e. The molecule has 0 aliphatic heterocycles. The van der Waals surface area contributed by atoms with E-state index in [2.05, 4.69) is 26.6 Å². The summed E-state index contributed by atoms with van der Waals surface area (Å²) >= 11 is 3.36. The zero-order chi connectivity index (χ0) is 13.7. The van der Waals surface area contributed by atoms with Crippen molar-refractivity contribution < 1.29 is 9.21 Å². The maximum Gasteiger partial charge on any atom is 0.238 e. The number of hydrogen-bond acceptors (Lipinski definition) is 3. The van der Waals surface area contributed by atoms with E-state index in [-0.39, 0.29) is 18.5 Å². The van der Waals surface area contributed by atoms with Gasteiger partial charge in [0, 0.05) is 10.2 Å². The first-order valence-electron chi connectivity index (χ1n) is 5.97. The van der Waals surface area contributed by atoms with Crippen molar-refractivity contribution >= 4 is 27.5 Å². The lowest BCUT2D eigenvalue weighted by Gasteiger charge is -2.11. The Morgan fingerprint density at radius 1 is 1.37 bits per heavy atom. The fourth-order valence-electron chi connectivity index (χ4n) is 1.66. The van der Waals surface area contributed by atoms with Crippen LogP contribution in [0.3, 0.4) is 0 Å². The van der Waals surface area contributed by atoms with E-state index in [0.717, 1.165) is 15.9 Å². The Balaban J connectivity index is 1.82. The average Bonchev–Trinajstić information content (AvgIpc) is 2.90. The first-order chi connectivity index (χ1) is 9.15. The van der Waals surface area contributed by atoms with Crippen LogP contribution in [0.25, 0.3) is 0 Å². The Morgan fingerprint density at radius 2 is 2.21 bits per heavy atom. The number of carbonyl (C=O) groups excluding carboxylic acids is 1. The Morgan fingerprint density at radius 3 is 2.89 bits per heavy atom. The molecule has 0 spiro atoms. The van der Waals surface area contributed by atoms with Crippen molar-refractivity contribution in [3.8, 4) is 0 Å². The molecule has 2 rings (SSSR count). The summed E-state index contributed by atoms with van der Waals surface area (Å²) in [7, 11) is 0. The number of nitrogens with one attached hydrogen (secondary N) is 2. The van der Waals surface area contributed by atoms with Gasteiger partial charge in [0.1, 0.15) is 5.76 Å². The Labute approximate surface area is 120 Å². The zero-order valence-corrected chi connectivity index (χ0v) is 12.1. The van der Waals surface area contributed by atoms with Crippen LogP contribution in [0.1, 0.15) is 18.7 Å². The van der Waals surface area contributed by atoms with Crippen molar-refractivity contribution in [1.29, 1.82) is 0 Å². The van der Waals surface area contributed by atoms with E-state index in [0.29, 0.717) is 0 Å². The van der Waals surface area contributed by atoms with Gasteiger partial charge in [-0.05, 0) is 37.3 Å². The molecule has 1 atom stereocenters. The molecule has 0 unspecified atom stereocenters. The van der Waals surface area contributed by atoms with Crippen molar-refractivity contribution in [2.75, 3.05) is 11.9 Å². The van der Waals surface area contributed by atoms with Crippen LogP contribution in [0.15, 0.2) is 51.6 Å². The van der Waals surface area contributed by atoms with Crippen molar-refractivity contribution in [1.82, 2.24) is 5.32 Å². The molecule has 1 amide bonds. The molecule has 0 aliphatic rings. The van der Waals surface area contributed by atoms with Gasteiger partial charge in [-0.25, -0.2) is 0 Å². The minimum absolute atomic E-state index is 0.00302. The van der Waals surface area contributed by atoms with Crippen LogP contribution in [0.5, 0.6) is 0 Å². The van der Waals surface area contributed by atoms with E-state index in [1.807, 2.05) is 43.3 Å². The number of rotatable bonds is 5. The average molecular weight is 323 g/mol. The van der Waals surface area contributed by atoms with Crippen LogP contribution in [-0.2, 0) is 4.79 Å². The van der Waals surface area contributed by atoms with Gasteiger partial charge in [-0.3, -0.25) is 10.1 Å². The van der Waals surface area contributed by atoms with Crippen molar-refractivity contribution in [2.45, 2.75) is 13.0 Å². The van der Waals surface area contributed by atoms with Gasteiger partial charge < -0.3 is 9.73 Å². The zero-order valence-electron chi connectivity index (χ0n) is 10.5. The van der Waals surface area contributed by atoms with E-state index in [4.69, 9.17) is 4.42 Å². The fourth-order valence-corrected chi connectivity index (χ4v) is 2.05. The van der Waals surface area contributed by atoms with E-state index < -0.39 is 0 Å². The Kier molecular flexibility index (Phi) is 4.76. The molecule has 0 saturated heterocycles. The molecule has 0 bridgehead atoms. The van der Waals surface area contributed by atoms with Gasteiger partial charge in [0.15, 0.2) is 0 Å². The SMILES string of the molecule is C[C@H](NCC(=O)Nc1cccc(Br)c1)c1ccco1. The van der Waals surface area contributed by atoms with Gasteiger partial charge >= 0.3 is 0 Å². The van der Waals surface area contributed by atoms with Gasteiger partial charge in [0.05, 0.1) is 18.8 Å². The van der Waals surface area contributed by atoms with Crippen molar-refractivity contribution in [3.05, 3.63) is 52.9 Å². The third kappa shape index (κ3) is 4.22. The third-order valence-electron chi connectivity index (χ3n) is 2.65. The summed E-state index contributed by atoms with van der Waals surface area (Å²) < 4.78 is 6.19. The largest absolute Gasteiger partial charge is 0.468 e. The van der Waals surface area contributed by atoms with Gasteiger partial charge in [0.25, 0.3) is 0 Å². The summed E-state index contributed by atoms with van der Waals surface area (Å²) in [4.78, 5) is 11.8. The molecule has 0 fully saturated rings. The number of halogens is 1. The van der Waals surface area contributed by atoms with E-state index >= 15 is 0 Å². The third-order valence-corrected chi connectivity index (χ3v) is 3.14. The maximum atomic E-state index is 11.8. The topological polar surface area (TPSA) is 54.3 Å². The number of amides is 1. The molecule has 1 heterocycles. The number of carbonyl (C=O) groups is 1. The second kappa shape index (κ2) is 6.54. The van der Waals surface area contributed by atoms with Gasteiger partial charge in [-0.2, -0.15) is 0 Å². The number of furan rings is 1. The van der Waals surface area contributed by atoms with E-state index in [9.17, 15) is 4.79 Å². The molecule has 1 aromatic carbocycles. The first kappa shape index (κ1) is 13.8. The molecule has 4 nitrogen and oxygen atoms in total. The number of anilines is 1. The van der Waals surface area contributed by atoms with Crippen LogP contribution in [0, 0.1) is 0 Å². The summed E-state index contributed by atoms with van der Waals surface area (Å²) in [5.41, 5.74) is 0.770. The highest BCUT2D eigenvalue weighted by molar-refractivity contribution is 9.10. The molecule has 1 aromatic heterocycles. The predicted octanol–water partition coefficient (Wildman–Crippen LogP) is 3.33. The lowest BCUT2D eigenvalue weighted by atomic mass is 10.2. The molecule has 5 heteroatoms. The normalized spacial score (nSPS) is 12.1. The second-order valence-corrected chi connectivity index (χ2v) is 5.09. The molecule has 19 heavy (non-hydrogen) atoms. The van der Waals surface area contributed by atoms with E-state index in [1.165, 1.54) is 0 Å². The molecular formula is C14H15BrN2O2. The van der Waals surface area contributed by atoms with Crippen LogP contribution in [-0.4, -0.2) is 12.5 Å². The first-order valence-corrected chi connectivity index (χ1v) is 6.76. The number of benzene rings is 1. The van der Waals surface area contributed by atoms with Crippen LogP contribution >= 0.6 is 15.9 Å². The highest BCUT2D eigenvalue weighted by Gasteiger charge is 2.09. The van der Waals surface area contributed by atoms with E-state index in [1.54, 1.807) is 6.26 Å². The lowest BCUT2D eigenvalue weighted by molar-refractivity contribution is -0.115. The van der Waals surface area contributed by atoms with Crippen molar-refractivity contribution in [2.24, 2.45) is 0 Å². The summed E-state index contributed by atoms with van der Waals surface area (Å²) in [5, 5.41) is 5.92. The van der Waals surface area contributed by atoms with Crippen LogP contribution in [0.4, 0.5) is 5.69 Å². The summed E-state index contributed by atoms with van der Waals surface area (Å²) in [5.74, 6) is 0.728. The molecule has 0 radical (unpaired) electrons. The van der Waals surface area contributed by atoms with Crippen LogP contribution in [0.2, 0.25) is 0 Å². The lowest BCUT2D eigenvalue weighted by Crippen LogP contribution is -2.29. The summed E-state index contributed by atoms with van der Waals surface area (Å²) in [6.07, 6.45) is 1.62. The molecular weight excluding hydrogens is 308 g/mol. The monoisotopic (exact) mass is 322 g/mol. The van der Waals surface area contributed by atoms with Gasteiger partial charge in [0.2, 0.25) is 5.91 Å². The fraction of sp³-hybridized carbons (Fsp3) is 0.214. The highest BCUT2D eigenvalue weighted by Crippen LogP contribution is 2.15. The molecule has 0 saturated carbocycles. The number of hydrogen-bond donors (Lipinski definition) is 2. The van der Waals surface area contributed by atoms with Gasteiger partial charge in [-0.1, -0.05) is 22.0 Å². The Bertz CT molecular complexity index is 540. The summed E-state index contributed by atoms with van der Waals surface area (Å²) in [6.45, 7) is 2.18. The molecule has 2 N–H and O–H groups in total. The Hall–Kier alpha value is -1.59. The standard InChI is InChI=1S/C14H15BrN2O2/c1-10(13-6-3-7-19-13)16-9-14(18)17-12-5-2-4-11(15)8-12/h2-8,10,16H,9H2,1H3,(H,17,18)/t10-/m0/s1. The highest BCUT2D eigenvalue weighted by atomic mass is 79.9. The summed E-state index contributed by atoms with van der Waals surface area (Å²) in [6, 6.07) is 11.2. The van der Waals surface area contributed by atoms with Crippen molar-refractivity contribution in [3.63, 3.8) is 0 Å². The predicted molar refractivity (Wildman–Crippen MR) is 77.9 cm³/mol. The minimum atomic E-state index is -0.0866. The second-order valence-electron chi connectivity index (χ2n) is 4.18. The van der Waals surface area contributed by atoms with Gasteiger partial charge in [-0.15, -0.1) is 0 Å². The smallest absolute Gasteiger partial charge is 0.238 e. The molecule has 2 aromatic rings.